The number of methoxy groups -OCH3 is 1. The molecule has 1 N–H and O–H groups in total. The van der Waals surface area contributed by atoms with Gasteiger partial charge in [-0.05, 0) is 55.2 Å². The number of carbonyl (C=O) groups excluding carboxylic acids is 2. The molecule has 0 aromatic heterocycles. The molecule has 0 aliphatic carbocycles. The molecule has 0 aliphatic rings. The van der Waals surface area contributed by atoms with Crippen molar-refractivity contribution in [2.45, 2.75) is 58.0 Å². The van der Waals surface area contributed by atoms with Gasteiger partial charge in [-0.2, -0.15) is 0 Å². The van der Waals surface area contributed by atoms with Gasteiger partial charge < -0.3 is 15.0 Å². The lowest BCUT2D eigenvalue weighted by Gasteiger charge is -2.31. The van der Waals surface area contributed by atoms with E-state index in [9.17, 15) is 14.0 Å². The Morgan fingerprint density at radius 3 is 2.22 bits per heavy atom. The lowest BCUT2D eigenvalue weighted by molar-refractivity contribution is -0.139. The number of rotatable bonds is 12. The molecule has 7 heteroatoms. The summed E-state index contributed by atoms with van der Waals surface area (Å²) in [5.41, 5.74) is 1.88. The van der Waals surface area contributed by atoms with Gasteiger partial charge in [-0.25, -0.2) is 4.39 Å². The Kier molecular flexibility index (Phi) is 10.5. The lowest BCUT2D eigenvalue weighted by Crippen LogP contribution is -2.51. The van der Waals surface area contributed by atoms with E-state index in [0.717, 1.165) is 23.3 Å². The number of ether oxygens (including phenoxy) is 1. The normalized spacial score (nSPS) is 12.7. The van der Waals surface area contributed by atoms with Gasteiger partial charge in [0.05, 0.1) is 12.9 Å². The van der Waals surface area contributed by atoms with Gasteiger partial charge in [0, 0.05) is 18.3 Å². The molecule has 2 amide bonds. The first-order chi connectivity index (χ1) is 15.4. The molecule has 0 heterocycles. The fourth-order valence-corrected chi connectivity index (χ4v) is 4.08. The van der Waals surface area contributed by atoms with Crippen LogP contribution in [-0.4, -0.2) is 41.7 Å². The first-order valence-electron chi connectivity index (χ1n) is 10.9. The molecule has 2 aromatic rings. The van der Waals surface area contributed by atoms with Crippen molar-refractivity contribution in [2.75, 3.05) is 12.9 Å². The van der Waals surface area contributed by atoms with Crippen molar-refractivity contribution in [3.63, 3.8) is 0 Å². The van der Waals surface area contributed by atoms with Gasteiger partial charge >= 0.3 is 0 Å². The summed E-state index contributed by atoms with van der Waals surface area (Å²) in [5, 5.41) is 2.99. The molecule has 2 rings (SSSR count). The van der Waals surface area contributed by atoms with E-state index in [1.807, 2.05) is 45.0 Å². The van der Waals surface area contributed by atoms with Crippen LogP contribution >= 0.6 is 11.8 Å². The summed E-state index contributed by atoms with van der Waals surface area (Å²) in [6.45, 7) is 6.11. The quantitative estimate of drug-likeness (QED) is 0.495. The third-order valence-corrected chi connectivity index (χ3v) is 6.29. The summed E-state index contributed by atoms with van der Waals surface area (Å²) in [6, 6.07) is 13.2. The summed E-state index contributed by atoms with van der Waals surface area (Å²) in [7, 11) is 1.62. The molecule has 0 saturated heterocycles. The number of hydrogen-bond donors (Lipinski definition) is 1. The van der Waals surface area contributed by atoms with Gasteiger partial charge in [0.1, 0.15) is 17.6 Å². The molecular weight excluding hydrogens is 427 g/mol. The van der Waals surface area contributed by atoms with E-state index in [1.54, 1.807) is 24.1 Å². The lowest BCUT2D eigenvalue weighted by atomic mass is 10.1. The smallest absolute Gasteiger partial charge is 0.243 e. The molecule has 0 spiro atoms. The molecule has 2 aromatic carbocycles. The molecule has 5 nitrogen and oxygen atoms in total. The number of amides is 2. The zero-order valence-corrected chi connectivity index (χ0v) is 20.1. The molecule has 32 heavy (non-hydrogen) atoms. The minimum atomic E-state index is -0.580. The Morgan fingerprint density at radius 1 is 1.03 bits per heavy atom. The average Bonchev–Trinajstić information content (AvgIpc) is 2.80. The van der Waals surface area contributed by atoms with Crippen LogP contribution in [0.5, 0.6) is 5.75 Å². The summed E-state index contributed by atoms with van der Waals surface area (Å²) in [4.78, 5) is 27.7. The Balaban J connectivity index is 2.10. The van der Waals surface area contributed by atoms with Gasteiger partial charge in [0.15, 0.2) is 0 Å². The summed E-state index contributed by atoms with van der Waals surface area (Å²) < 4.78 is 18.5. The fourth-order valence-electron chi connectivity index (χ4n) is 3.21. The molecule has 2 unspecified atom stereocenters. The number of carbonyl (C=O) groups is 2. The van der Waals surface area contributed by atoms with Crippen LogP contribution in [0.2, 0.25) is 0 Å². The van der Waals surface area contributed by atoms with Crippen molar-refractivity contribution in [1.29, 1.82) is 0 Å². The maximum atomic E-state index is 13.3. The van der Waals surface area contributed by atoms with Gasteiger partial charge in [-0.3, -0.25) is 9.59 Å². The Morgan fingerprint density at radius 2 is 1.66 bits per heavy atom. The second kappa shape index (κ2) is 13.1. The van der Waals surface area contributed by atoms with Crippen LogP contribution in [0.25, 0.3) is 0 Å². The largest absolute Gasteiger partial charge is 0.497 e. The van der Waals surface area contributed by atoms with Gasteiger partial charge in [0.25, 0.3) is 0 Å². The van der Waals surface area contributed by atoms with E-state index in [2.05, 4.69) is 5.32 Å². The molecule has 0 saturated carbocycles. The minimum absolute atomic E-state index is 0.0313. The van der Waals surface area contributed by atoms with Crippen molar-refractivity contribution in [2.24, 2.45) is 0 Å². The molecule has 0 fully saturated rings. The fraction of sp³-hybridized carbons (Fsp3) is 0.440. The highest BCUT2D eigenvalue weighted by molar-refractivity contribution is 7.99. The van der Waals surface area contributed by atoms with E-state index in [1.165, 1.54) is 23.9 Å². The van der Waals surface area contributed by atoms with E-state index in [-0.39, 0.29) is 36.0 Å². The average molecular weight is 461 g/mol. The van der Waals surface area contributed by atoms with Crippen LogP contribution in [0.4, 0.5) is 4.39 Å². The third kappa shape index (κ3) is 7.86. The van der Waals surface area contributed by atoms with Crippen molar-refractivity contribution in [3.8, 4) is 5.75 Å². The molecular formula is C25H33FN2O3S. The summed E-state index contributed by atoms with van der Waals surface area (Å²) in [6.07, 6.45) is 1.31. The van der Waals surface area contributed by atoms with Crippen molar-refractivity contribution < 1.29 is 18.7 Å². The van der Waals surface area contributed by atoms with E-state index in [0.29, 0.717) is 12.2 Å². The van der Waals surface area contributed by atoms with Crippen molar-refractivity contribution in [1.82, 2.24) is 10.2 Å². The predicted octanol–water partition coefficient (Wildman–Crippen LogP) is 4.79. The van der Waals surface area contributed by atoms with Crippen LogP contribution in [0.3, 0.4) is 0 Å². The number of nitrogens with zero attached hydrogens (tertiary/aromatic N) is 1. The number of benzene rings is 2. The third-order valence-electron chi connectivity index (χ3n) is 5.31. The Bertz CT molecular complexity index is 858. The monoisotopic (exact) mass is 460 g/mol. The molecule has 0 radical (unpaired) electrons. The molecule has 2 atom stereocenters. The zero-order valence-electron chi connectivity index (χ0n) is 19.3. The number of hydrogen-bond acceptors (Lipinski definition) is 4. The second-order valence-electron chi connectivity index (χ2n) is 7.73. The minimum Gasteiger partial charge on any atom is -0.497 e. The summed E-state index contributed by atoms with van der Waals surface area (Å²) in [5.74, 6) is 1.12. The van der Waals surface area contributed by atoms with E-state index in [4.69, 9.17) is 4.74 Å². The van der Waals surface area contributed by atoms with Crippen molar-refractivity contribution >= 4 is 23.6 Å². The van der Waals surface area contributed by atoms with E-state index < -0.39 is 6.04 Å². The second-order valence-corrected chi connectivity index (χ2v) is 8.72. The van der Waals surface area contributed by atoms with E-state index >= 15 is 0 Å². The number of nitrogens with one attached hydrogen (secondary N) is 1. The maximum absolute atomic E-state index is 13.3. The van der Waals surface area contributed by atoms with Gasteiger partial charge in [-0.15, -0.1) is 11.8 Å². The van der Waals surface area contributed by atoms with Gasteiger partial charge in [-0.1, -0.05) is 38.1 Å². The molecule has 0 aliphatic heterocycles. The van der Waals surface area contributed by atoms with Gasteiger partial charge in [0.2, 0.25) is 11.8 Å². The van der Waals surface area contributed by atoms with Crippen LogP contribution in [0, 0.1) is 5.82 Å². The highest BCUT2D eigenvalue weighted by Gasteiger charge is 2.29. The van der Waals surface area contributed by atoms with Crippen LogP contribution < -0.4 is 10.1 Å². The highest BCUT2D eigenvalue weighted by atomic mass is 32.2. The van der Waals surface area contributed by atoms with Crippen LogP contribution in [0.1, 0.15) is 44.7 Å². The predicted molar refractivity (Wildman–Crippen MR) is 128 cm³/mol. The molecule has 174 valence electrons. The first kappa shape index (κ1) is 25.7. The Labute approximate surface area is 194 Å². The highest BCUT2D eigenvalue weighted by Crippen LogP contribution is 2.19. The zero-order chi connectivity index (χ0) is 23.5. The van der Waals surface area contributed by atoms with Crippen LogP contribution in [-0.2, 0) is 21.9 Å². The standard InChI is InChI=1S/C25H33FN2O3S/c1-5-18(3)27-25(30)23(6-2)28(15-19-7-11-21(26)12-8-19)24(29)17-32-16-20-9-13-22(31-4)14-10-20/h7-14,18,23H,5-6,15-17H2,1-4H3,(H,27,30). The van der Waals surface area contributed by atoms with Crippen molar-refractivity contribution in [3.05, 3.63) is 65.5 Å². The number of halogens is 1. The topological polar surface area (TPSA) is 58.6 Å². The maximum Gasteiger partial charge on any atom is 0.243 e. The SMILES string of the molecule is CCC(C)NC(=O)C(CC)N(Cc1ccc(F)cc1)C(=O)CSCc1ccc(OC)cc1. The Hall–Kier alpha value is -2.54. The number of thioether (sulfide) groups is 1. The summed E-state index contributed by atoms with van der Waals surface area (Å²) >= 11 is 1.50. The molecule has 0 bridgehead atoms. The first-order valence-corrected chi connectivity index (χ1v) is 12.1. The van der Waals surface area contributed by atoms with Crippen LogP contribution in [0.15, 0.2) is 48.5 Å².